The summed E-state index contributed by atoms with van der Waals surface area (Å²) in [6, 6.07) is 7.26. The average molecular weight is 664 g/mol. The number of hydrogen-bond donors (Lipinski definition) is 6. The molecule has 1 saturated carbocycles. The topological polar surface area (TPSA) is 244 Å². The highest BCUT2D eigenvalue weighted by Crippen LogP contribution is 2.31. The van der Waals surface area contributed by atoms with E-state index in [1.807, 2.05) is 0 Å². The molecule has 3 rings (SSSR count). The highest BCUT2D eigenvalue weighted by atomic mass is 35.5. The third kappa shape index (κ3) is 8.11. The van der Waals surface area contributed by atoms with Gasteiger partial charge in [-0.25, -0.2) is 9.98 Å². The van der Waals surface area contributed by atoms with Crippen molar-refractivity contribution in [3.05, 3.63) is 36.4 Å². The van der Waals surface area contributed by atoms with Crippen LogP contribution in [-0.4, -0.2) is 85.9 Å². The molecule has 18 heteroatoms. The monoisotopic (exact) mass is 662 g/mol. The van der Waals surface area contributed by atoms with Gasteiger partial charge in [0.2, 0.25) is 11.6 Å². The molecule has 8 N–H and O–H groups in total. The maximum absolute atomic E-state index is 13.1. The van der Waals surface area contributed by atoms with Crippen molar-refractivity contribution in [1.29, 1.82) is 0 Å². The Morgan fingerprint density at radius 3 is 1.38 bits per heavy atom. The second-order valence-corrected chi connectivity index (χ2v) is 12.5. The molecule has 1 aliphatic rings. The van der Waals surface area contributed by atoms with Gasteiger partial charge in [-0.05, 0) is 62.3 Å². The number of alkyl halides is 2. The number of nitrogens with two attached hydrogens (primary N) is 2. The van der Waals surface area contributed by atoms with E-state index in [1.54, 1.807) is 0 Å². The third-order valence-corrected chi connectivity index (χ3v) is 8.42. The Labute approximate surface area is 252 Å². The van der Waals surface area contributed by atoms with E-state index in [4.69, 9.17) is 34.7 Å². The van der Waals surface area contributed by atoms with E-state index in [0.29, 0.717) is 39.0 Å². The molecule has 0 spiro atoms. The number of rotatable bonds is 12. The molecular formula is C24H28Cl2N6O8S2. The van der Waals surface area contributed by atoms with E-state index in [-0.39, 0.29) is 22.7 Å². The molecule has 2 atom stereocenters. The Kier molecular flexibility index (Phi) is 11.2. The van der Waals surface area contributed by atoms with Crippen molar-refractivity contribution < 1.29 is 35.5 Å². The summed E-state index contributed by atoms with van der Waals surface area (Å²) in [6.45, 7) is 1.33. The van der Waals surface area contributed by atoms with Gasteiger partial charge in [0.05, 0.1) is 22.7 Å². The number of ketones is 2. The van der Waals surface area contributed by atoms with Crippen molar-refractivity contribution in [1.82, 2.24) is 0 Å². The number of carbonyl (C=O) groups excluding carboxylic acids is 2. The fourth-order valence-corrected chi connectivity index (χ4v) is 5.70. The molecule has 0 radical (unpaired) electrons. The summed E-state index contributed by atoms with van der Waals surface area (Å²) >= 11 is 12.5. The summed E-state index contributed by atoms with van der Waals surface area (Å²) < 4.78 is 67.1. The number of carbonyl (C=O) groups is 2. The average Bonchev–Trinajstić information content (AvgIpc) is 2.92. The third-order valence-electron chi connectivity index (χ3n) is 5.82. The van der Waals surface area contributed by atoms with Crippen molar-refractivity contribution in [2.45, 2.75) is 33.4 Å². The fraction of sp³-hybridized carbons (Fsp3) is 0.333. The summed E-state index contributed by atoms with van der Waals surface area (Å²) in [6.07, 6.45) is 1.04. The largest absolute Gasteiger partial charge is 0.384 e. The van der Waals surface area contributed by atoms with E-state index in [9.17, 15) is 35.5 Å². The van der Waals surface area contributed by atoms with Gasteiger partial charge in [-0.2, -0.15) is 16.8 Å². The first-order valence-electron chi connectivity index (χ1n) is 12.3. The molecule has 2 aromatic carbocycles. The first kappa shape index (κ1) is 33.5. The first-order chi connectivity index (χ1) is 19.7. The zero-order chi connectivity index (χ0) is 31.2. The quantitative estimate of drug-likeness (QED) is 0.108. The lowest BCUT2D eigenvalue weighted by Gasteiger charge is -2.22. The molecule has 0 heterocycles. The van der Waals surface area contributed by atoms with Crippen molar-refractivity contribution in [3.63, 3.8) is 0 Å². The number of Topliss-reactive ketones (excluding diaryl/α,β-unsaturated/α-hetero) is 2. The molecule has 1 fully saturated rings. The number of nitrogens with zero attached hydrogens (tertiary/aromatic N) is 2. The van der Waals surface area contributed by atoms with Crippen LogP contribution in [0, 0.1) is 0 Å². The Morgan fingerprint density at radius 2 is 1.07 bits per heavy atom. The van der Waals surface area contributed by atoms with Gasteiger partial charge in [-0.15, -0.1) is 23.2 Å². The molecule has 0 aliphatic heterocycles. The maximum atomic E-state index is 13.1. The second kappa shape index (κ2) is 14.0. The van der Waals surface area contributed by atoms with Crippen LogP contribution in [0.25, 0.3) is 0 Å². The van der Waals surface area contributed by atoms with Crippen LogP contribution in [0.1, 0.15) is 12.8 Å². The minimum Gasteiger partial charge on any atom is -0.384 e. The van der Waals surface area contributed by atoms with Crippen LogP contribution in [-0.2, 0) is 29.8 Å². The summed E-state index contributed by atoms with van der Waals surface area (Å²) in [5.41, 5.74) is 9.79. The Morgan fingerprint density at radius 1 is 0.714 bits per heavy atom. The molecule has 2 unspecified atom stereocenters. The highest BCUT2D eigenvalue weighted by molar-refractivity contribution is 7.86. The molecule has 0 aromatic heterocycles. The number of nitrogens with one attached hydrogen (secondary N) is 2. The smallest absolute Gasteiger partial charge is 0.296 e. The molecule has 2 aromatic rings. The molecular weight excluding hydrogens is 635 g/mol. The molecule has 1 aliphatic carbocycles. The van der Waals surface area contributed by atoms with Crippen molar-refractivity contribution in [2.75, 3.05) is 36.8 Å². The van der Waals surface area contributed by atoms with Gasteiger partial charge in [0.15, 0.2) is 0 Å². The summed E-state index contributed by atoms with van der Waals surface area (Å²) in [5.74, 6) is -1.83. The van der Waals surface area contributed by atoms with Crippen LogP contribution < -0.4 is 22.1 Å². The molecule has 0 saturated heterocycles. The van der Waals surface area contributed by atoms with E-state index in [1.165, 1.54) is 24.3 Å². The van der Waals surface area contributed by atoms with Crippen LogP contribution in [0.4, 0.5) is 22.7 Å². The van der Waals surface area contributed by atoms with Crippen LogP contribution in [0.3, 0.4) is 0 Å². The predicted octanol–water partition coefficient (Wildman–Crippen LogP) is 1.91. The number of benzene rings is 2. The summed E-state index contributed by atoms with van der Waals surface area (Å²) in [4.78, 5) is 33.3. The lowest BCUT2D eigenvalue weighted by Crippen LogP contribution is -2.50. The van der Waals surface area contributed by atoms with E-state index in [2.05, 4.69) is 20.6 Å². The van der Waals surface area contributed by atoms with Crippen molar-refractivity contribution in [2.24, 2.45) is 21.5 Å². The highest BCUT2D eigenvalue weighted by Gasteiger charge is 2.44. The lowest BCUT2D eigenvalue weighted by molar-refractivity contribution is -0.116. The van der Waals surface area contributed by atoms with Crippen LogP contribution in [0.5, 0.6) is 0 Å². The van der Waals surface area contributed by atoms with E-state index < -0.39 is 63.8 Å². The molecule has 0 bridgehead atoms. The Hall–Kier alpha value is -2.96. The minimum absolute atomic E-state index is 0.0675. The Bertz CT molecular complexity index is 1530. The summed E-state index contributed by atoms with van der Waals surface area (Å²) in [7, 11) is -9.43. The molecule has 14 nitrogen and oxygen atoms in total. The van der Waals surface area contributed by atoms with Crippen LogP contribution in [0.15, 0.2) is 56.2 Å². The fourth-order valence-electron chi connectivity index (χ4n) is 3.79. The molecule has 228 valence electrons. The lowest BCUT2D eigenvalue weighted by atomic mass is 9.92. The maximum Gasteiger partial charge on any atom is 0.296 e. The zero-order valence-electron chi connectivity index (χ0n) is 21.8. The summed E-state index contributed by atoms with van der Waals surface area (Å²) in [5, 5.41) is 2.30. The van der Waals surface area contributed by atoms with Crippen molar-refractivity contribution in [3.8, 4) is 0 Å². The second-order valence-electron chi connectivity index (χ2n) is 8.90. The van der Waals surface area contributed by atoms with E-state index in [0.717, 1.165) is 12.1 Å². The minimum atomic E-state index is -4.71. The number of anilines is 2. The van der Waals surface area contributed by atoms with Gasteiger partial charge in [0.1, 0.15) is 32.0 Å². The van der Waals surface area contributed by atoms with Gasteiger partial charge in [-0.3, -0.25) is 18.7 Å². The number of halogens is 2. The molecule has 42 heavy (non-hydrogen) atoms. The first-order valence-corrected chi connectivity index (χ1v) is 16.1. The Balaban J connectivity index is 1.97. The van der Waals surface area contributed by atoms with Gasteiger partial charge < -0.3 is 22.1 Å². The van der Waals surface area contributed by atoms with Crippen LogP contribution >= 0.6 is 23.2 Å². The van der Waals surface area contributed by atoms with Crippen molar-refractivity contribution >= 4 is 89.2 Å². The number of hydrogen-bond acceptors (Lipinski definition) is 12. The van der Waals surface area contributed by atoms with Crippen LogP contribution in [0.2, 0.25) is 0 Å². The van der Waals surface area contributed by atoms with Gasteiger partial charge in [0, 0.05) is 13.1 Å². The van der Waals surface area contributed by atoms with E-state index >= 15 is 0 Å². The number of aliphatic imine (C=N–C) groups is 2. The SMILES string of the molecule is NCCCNc1ccc(N=C2C(=O)C(Cl)C(=Nc3ccc(NCCCN)c(S(=O)(=O)O)c3)C(=O)C2Cl)cc1S(=O)(=O)O. The van der Waals surface area contributed by atoms with Gasteiger partial charge in [-0.1, -0.05) is 0 Å². The zero-order valence-corrected chi connectivity index (χ0v) is 25.0. The van der Waals surface area contributed by atoms with Gasteiger partial charge in [0.25, 0.3) is 20.2 Å². The standard InChI is InChI=1S/C24H28Cl2N6O8S2/c25-19-21(31-13-3-5-15(29-9-1-7-27)17(11-13)41(35,36)37)23(33)20(26)22(24(19)34)32-14-4-6-16(30-10-2-8-28)18(12-14)42(38,39)40/h3-6,11-12,19-20,29-30H,1-2,7-10,27-28H2,(H,35,36,37)(H,38,39,40). The normalized spacial score (nSPS) is 19.9. The van der Waals surface area contributed by atoms with Gasteiger partial charge >= 0.3 is 0 Å². The molecule has 0 amide bonds. The predicted molar refractivity (Wildman–Crippen MR) is 160 cm³/mol.